The molecule has 1 aliphatic rings. The Labute approximate surface area is 154 Å². The van der Waals surface area contributed by atoms with Gasteiger partial charge < -0.3 is 0 Å². The highest BCUT2D eigenvalue weighted by Gasteiger charge is 2.24. The second-order valence-electron chi connectivity index (χ2n) is 6.69. The number of hydrogen-bond donors (Lipinski definition) is 0. The Hall–Kier alpha value is -2.04. The van der Waals surface area contributed by atoms with Crippen LogP contribution in [0.4, 0.5) is 0 Å². The van der Waals surface area contributed by atoms with Gasteiger partial charge in [0.2, 0.25) is 0 Å². The molecule has 0 saturated carbocycles. The predicted molar refractivity (Wildman–Crippen MR) is 104 cm³/mol. The molecule has 0 N–H and O–H groups in total. The Kier molecular flexibility index (Phi) is 5.30. The van der Waals surface area contributed by atoms with E-state index < -0.39 is 0 Å². The monoisotopic (exact) mass is 357 g/mol. The summed E-state index contributed by atoms with van der Waals surface area (Å²) in [5.74, 6) is 0. The molecule has 1 fully saturated rings. The standard InChI is InChI=1S/C20H23N3O.ClH/c1-21-18-9-5-6-10-19(18)23(20(21)24)17-11-13-22(14-12-17)15-16-7-3-2-4-8-16;/h2-10,17H,11-15H2,1H3;1H. The van der Waals surface area contributed by atoms with E-state index in [9.17, 15) is 4.79 Å². The summed E-state index contributed by atoms with van der Waals surface area (Å²) in [6.07, 6.45) is 2.06. The van der Waals surface area contributed by atoms with Gasteiger partial charge in [0.05, 0.1) is 11.0 Å². The van der Waals surface area contributed by atoms with Crippen LogP contribution in [0.25, 0.3) is 11.0 Å². The van der Waals surface area contributed by atoms with E-state index in [0.717, 1.165) is 43.5 Å². The number of imidazole rings is 1. The number of benzene rings is 2. The smallest absolute Gasteiger partial charge is 0.299 e. The highest BCUT2D eigenvalue weighted by molar-refractivity contribution is 5.85. The molecule has 0 unspecified atom stereocenters. The Morgan fingerprint density at radius 3 is 2.20 bits per heavy atom. The first-order valence-corrected chi connectivity index (χ1v) is 8.66. The average molecular weight is 358 g/mol. The summed E-state index contributed by atoms with van der Waals surface area (Å²) in [6.45, 7) is 3.07. The number of halogens is 1. The number of likely N-dealkylation sites (tertiary alicyclic amines) is 1. The summed E-state index contributed by atoms with van der Waals surface area (Å²) in [5.41, 5.74) is 3.55. The minimum absolute atomic E-state index is 0. The molecule has 4 rings (SSSR count). The third-order valence-corrected chi connectivity index (χ3v) is 5.17. The van der Waals surface area contributed by atoms with Gasteiger partial charge in [-0.1, -0.05) is 42.5 Å². The summed E-state index contributed by atoms with van der Waals surface area (Å²) in [5, 5.41) is 0. The molecule has 1 aromatic heterocycles. The molecular formula is C20H24ClN3O. The van der Waals surface area contributed by atoms with Crippen LogP contribution in [0, 0.1) is 0 Å². The summed E-state index contributed by atoms with van der Waals surface area (Å²) in [6, 6.07) is 19.0. The number of aryl methyl sites for hydroxylation is 1. The number of fused-ring (bicyclic) bond motifs is 1. The first kappa shape index (κ1) is 17.8. The van der Waals surface area contributed by atoms with Gasteiger partial charge in [-0.15, -0.1) is 12.4 Å². The van der Waals surface area contributed by atoms with Crippen molar-refractivity contribution in [3.63, 3.8) is 0 Å². The van der Waals surface area contributed by atoms with Gasteiger partial charge in [0, 0.05) is 32.7 Å². The van der Waals surface area contributed by atoms with E-state index in [1.54, 1.807) is 4.57 Å². The Bertz CT molecular complexity index is 892. The van der Waals surface area contributed by atoms with Crippen molar-refractivity contribution in [2.24, 2.45) is 7.05 Å². The lowest BCUT2D eigenvalue weighted by molar-refractivity contribution is 0.179. The lowest BCUT2D eigenvalue weighted by atomic mass is 10.0. The third kappa shape index (κ3) is 3.37. The molecule has 0 aliphatic carbocycles. The van der Waals surface area contributed by atoms with Gasteiger partial charge in [-0.05, 0) is 30.5 Å². The van der Waals surface area contributed by atoms with Crippen molar-refractivity contribution < 1.29 is 0 Å². The zero-order chi connectivity index (χ0) is 16.5. The topological polar surface area (TPSA) is 30.2 Å². The van der Waals surface area contributed by atoms with Gasteiger partial charge in [-0.3, -0.25) is 14.0 Å². The van der Waals surface area contributed by atoms with Crippen LogP contribution < -0.4 is 5.69 Å². The van der Waals surface area contributed by atoms with E-state index in [1.807, 2.05) is 29.8 Å². The minimum Gasteiger partial charge on any atom is -0.299 e. The van der Waals surface area contributed by atoms with Crippen LogP contribution in [0.3, 0.4) is 0 Å². The average Bonchev–Trinajstić information content (AvgIpc) is 2.88. The van der Waals surface area contributed by atoms with Gasteiger partial charge >= 0.3 is 5.69 Å². The molecule has 2 aromatic carbocycles. The highest BCUT2D eigenvalue weighted by atomic mass is 35.5. The fraction of sp³-hybridized carbons (Fsp3) is 0.350. The number of para-hydroxylation sites is 2. The molecule has 1 saturated heterocycles. The zero-order valence-electron chi connectivity index (χ0n) is 14.5. The molecule has 132 valence electrons. The Balaban J connectivity index is 0.00000182. The summed E-state index contributed by atoms with van der Waals surface area (Å²) in [7, 11) is 1.87. The molecule has 0 atom stereocenters. The molecule has 4 nitrogen and oxygen atoms in total. The van der Waals surface area contributed by atoms with Crippen LogP contribution in [-0.4, -0.2) is 27.1 Å². The van der Waals surface area contributed by atoms with Crippen molar-refractivity contribution in [3.05, 3.63) is 70.6 Å². The van der Waals surface area contributed by atoms with Crippen LogP contribution in [0.1, 0.15) is 24.4 Å². The molecular weight excluding hydrogens is 334 g/mol. The van der Waals surface area contributed by atoms with Crippen LogP contribution in [0.5, 0.6) is 0 Å². The van der Waals surface area contributed by atoms with Gasteiger partial charge in [0.15, 0.2) is 0 Å². The Morgan fingerprint density at radius 2 is 1.52 bits per heavy atom. The van der Waals surface area contributed by atoms with Gasteiger partial charge in [0.1, 0.15) is 0 Å². The molecule has 2 heterocycles. The fourth-order valence-electron chi connectivity index (χ4n) is 3.85. The summed E-state index contributed by atoms with van der Waals surface area (Å²) < 4.78 is 3.78. The predicted octanol–water partition coefficient (Wildman–Crippen LogP) is 3.60. The minimum atomic E-state index is 0. The van der Waals surface area contributed by atoms with Crippen molar-refractivity contribution in [1.29, 1.82) is 0 Å². The number of hydrogen-bond acceptors (Lipinski definition) is 2. The maximum atomic E-state index is 12.7. The third-order valence-electron chi connectivity index (χ3n) is 5.17. The maximum Gasteiger partial charge on any atom is 0.329 e. The molecule has 25 heavy (non-hydrogen) atoms. The van der Waals surface area contributed by atoms with Crippen molar-refractivity contribution >= 4 is 23.4 Å². The van der Waals surface area contributed by atoms with E-state index in [0.29, 0.717) is 6.04 Å². The van der Waals surface area contributed by atoms with E-state index in [2.05, 4.69) is 41.3 Å². The Morgan fingerprint density at radius 1 is 0.920 bits per heavy atom. The van der Waals surface area contributed by atoms with Crippen molar-refractivity contribution in [2.45, 2.75) is 25.4 Å². The number of piperidine rings is 1. The second-order valence-corrected chi connectivity index (χ2v) is 6.69. The second kappa shape index (κ2) is 7.46. The van der Waals surface area contributed by atoms with Crippen molar-refractivity contribution in [1.82, 2.24) is 14.0 Å². The van der Waals surface area contributed by atoms with Crippen LogP contribution >= 0.6 is 12.4 Å². The first-order chi connectivity index (χ1) is 11.7. The normalized spacial score (nSPS) is 16.0. The fourth-order valence-corrected chi connectivity index (χ4v) is 3.85. The van der Waals surface area contributed by atoms with E-state index in [4.69, 9.17) is 0 Å². The SMILES string of the molecule is Cl.Cn1c(=O)n(C2CCN(Cc3ccccc3)CC2)c2ccccc21. The quantitative estimate of drug-likeness (QED) is 0.717. The zero-order valence-corrected chi connectivity index (χ0v) is 15.3. The molecule has 0 bridgehead atoms. The molecule has 0 radical (unpaired) electrons. The molecule has 0 spiro atoms. The lowest BCUT2D eigenvalue weighted by Gasteiger charge is -2.32. The van der Waals surface area contributed by atoms with Gasteiger partial charge in [0.25, 0.3) is 0 Å². The number of rotatable bonds is 3. The summed E-state index contributed by atoms with van der Waals surface area (Å²) in [4.78, 5) is 15.2. The van der Waals surface area contributed by atoms with Crippen LogP contribution in [-0.2, 0) is 13.6 Å². The lowest BCUT2D eigenvalue weighted by Crippen LogP contribution is -2.37. The van der Waals surface area contributed by atoms with Crippen molar-refractivity contribution in [2.75, 3.05) is 13.1 Å². The van der Waals surface area contributed by atoms with Crippen LogP contribution in [0.2, 0.25) is 0 Å². The largest absolute Gasteiger partial charge is 0.329 e. The van der Waals surface area contributed by atoms with Crippen LogP contribution in [0.15, 0.2) is 59.4 Å². The molecule has 5 heteroatoms. The first-order valence-electron chi connectivity index (χ1n) is 8.66. The number of aromatic nitrogens is 2. The molecule has 3 aromatic rings. The van der Waals surface area contributed by atoms with E-state index in [1.165, 1.54) is 5.56 Å². The van der Waals surface area contributed by atoms with Gasteiger partial charge in [-0.25, -0.2) is 4.79 Å². The van der Waals surface area contributed by atoms with E-state index in [-0.39, 0.29) is 18.1 Å². The van der Waals surface area contributed by atoms with E-state index >= 15 is 0 Å². The summed E-state index contributed by atoms with van der Waals surface area (Å²) >= 11 is 0. The molecule has 1 aliphatic heterocycles. The molecule has 0 amide bonds. The number of nitrogens with zero attached hydrogens (tertiary/aromatic N) is 3. The highest BCUT2D eigenvalue weighted by Crippen LogP contribution is 2.26. The van der Waals surface area contributed by atoms with Crippen molar-refractivity contribution in [3.8, 4) is 0 Å². The maximum absolute atomic E-state index is 12.7. The van der Waals surface area contributed by atoms with Gasteiger partial charge in [-0.2, -0.15) is 0 Å².